The van der Waals surface area contributed by atoms with Gasteiger partial charge in [-0.3, -0.25) is 9.59 Å². The van der Waals surface area contributed by atoms with Gasteiger partial charge >= 0.3 is 0 Å². The third kappa shape index (κ3) is 5.71. The minimum atomic E-state index is -0.241. The molecule has 33 heavy (non-hydrogen) atoms. The highest BCUT2D eigenvalue weighted by atomic mass is 32.2. The molecule has 0 saturated heterocycles. The van der Waals surface area contributed by atoms with E-state index < -0.39 is 0 Å². The van der Waals surface area contributed by atoms with Crippen LogP contribution in [0, 0.1) is 0 Å². The summed E-state index contributed by atoms with van der Waals surface area (Å²) in [6.45, 7) is 2.10. The lowest BCUT2D eigenvalue weighted by Crippen LogP contribution is -2.13. The van der Waals surface area contributed by atoms with Crippen molar-refractivity contribution >= 4 is 56.5 Å². The van der Waals surface area contributed by atoms with Gasteiger partial charge in [0.25, 0.3) is 5.91 Å². The third-order valence-corrected chi connectivity index (χ3v) is 7.11. The molecule has 0 atom stereocenters. The van der Waals surface area contributed by atoms with Crippen molar-refractivity contribution in [2.24, 2.45) is 0 Å². The van der Waals surface area contributed by atoms with Crippen molar-refractivity contribution in [1.29, 1.82) is 0 Å². The number of benzene rings is 3. The Kier molecular flexibility index (Phi) is 7.26. The predicted molar refractivity (Wildman–Crippen MR) is 136 cm³/mol. The maximum atomic E-state index is 12.6. The highest BCUT2D eigenvalue weighted by Gasteiger charge is 2.13. The topological polar surface area (TPSA) is 80.3 Å². The number of methoxy groups -OCH3 is 1. The Balaban J connectivity index is 1.38. The van der Waals surface area contributed by atoms with Gasteiger partial charge in [0.1, 0.15) is 5.75 Å². The maximum Gasteiger partial charge on any atom is 0.259 e. The first-order chi connectivity index (χ1) is 16.1. The first-order valence-electron chi connectivity index (χ1n) is 10.4. The van der Waals surface area contributed by atoms with Crippen LogP contribution in [-0.4, -0.2) is 29.7 Å². The fraction of sp³-hybridized carbons (Fsp3) is 0.160. The average Bonchev–Trinajstić information content (AvgIpc) is 3.25. The molecule has 2 amide bonds. The highest BCUT2D eigenvalue weighted by molar-refractivity contribution is 8.01. The Morgan fingerprint density at radius 1 is 1.00 bits per heavy atom. The van der Waals surface area contributed by atoms with Crippen LogP contribution in [0.5, 0.6) is 5.75 Å². The van der Waals surface area contributed by atoms with E-state index >= 15 is 0 Å². The summed E-state index contributed by atoms with van der Waals surface area (Å²) < 4.78 is 7.00. The quantitative estimate of drug-likeness (QED) is 0.311. The van der Waals surface area contributed by atoms with Gasteiger partial charge in [-0.25, -0.2) is 4.98 Å². The van der Waals surface area contributed by atoms with Crippen molar-refractivity contribution in [1.82, 2.24) is 4.98 Å². The van der Waals surface area contributed by atoms with Gasteiger partial charge in [-0.2, -0.15) is 0 Å². The van der Waals surface area contributed by atoms with Crippen molar-refractivity contribution < 1.29 is 14.3 Å². The highest BCUT2D eigenvalue weighted by Crippen LogP contribution is 2.31. The number of rotatable bonds is 8. The zero-order valence-corrected chi connectivity index (χ0v) is 19.9. The van der Waals surface area contributed by atoms with E-state index in [1.807, 2.05) is 48.5 Å². The number of thiazole rings is 1. The maximum absolute atomic E-state index is 12.6. The average molecular weight is 478 g/mol. The summed E-state index contributed by atoms with van der Waals surface area (Å²) in [5, 5.41) is 5.82. The van der Waals surface area contributed by atoms with E-state index in [2.05, 4.69) is 22.5 Å². The first kappa shape index (κ1) is 22.8. The van der Waals surface area contributed by atoms with E-state index in [1.54, 1.807) is 18.2 Å². The minimum Gasteiger partial charge on any atom is -0.496 e. The van der Waals surface area contributed by atoms with Crippen LogP contribution in [-0.2, 0) is 11.2 Å². The number of anilines is 2. The number of hydrogen-bond acceptors (Lipinski definition) is 6. The second kappa shape index (κ2) is 10.5. The number of carbonyl (C=O) groups is 2. The molecule has 0 unspecified atom stereocenters. The molecular weight excluding hydrogens is 454 g/mol. The van der Waals surface area contributed by atoms with Crippen molar-refractivity contribution in [2.45, 2.75) is 17.7 Å². The summed E-state index contributed by atoms with van der Waals surface area (Å²) in [6, 6.07) is 20.5. The Morgan fingerprint density at radius 2 is 1.76 bits per heavy atom. The summed E-state index contributed by atoms with van der Waals surface area (Å²) >= 11 is 2.89. The van der Waals surface area contributed by atoms with Gasteiger partial charge in [0.15, 0.2) is 4.34 Å². The van der Waals surface area contributed by atoms with Gasteiger partial charge in [0.2, 0.25) is 5.91 Å². The fourth-order valence-corrected chi connectivity index (χ4v) is 5.13. The molecule has 4 rings (SSSR count). The molecule has 0 saturated carbocycles. The lowest BCUT2D eigenvalue weighted by atomic mass is 10.1. The third-order valence-electron chi connectivity index (χ3n) is 4.95. The first-order valence-corrected chi connectivity index (χ1v) is 12.2. The Labute approximate surface area is 200 Å². The lowest BCUT2D eigenvalue weighted by Gasteiger charge is -2.09. The second-order valence-electron chi connectivity index (χ2n) is 7.20. The number of amides is 2. The van der Waals surface area contributed by atoms with Crippen LogP contribution in [0.2, 0.25) is 0 Å². The zero-order valence-electron chi connectivity index (χ0n) is 18.3. The molecule has 8 heteroatoms. The second-order valence-corrected chi connectivity index (χ2v) is 9.46. The largest absolute Gasteiger partial charge is 0.496 e. The Hall–Kier alpha value is -3.36. The number of thioether (sulfide) groups is 1. The normalized spacial score (nSPS) is 10.7. The molecule has 0 fully saturated rings. The molecule has 0 aliphatic carbocycles. The fourth-order valence-electron chi connectivity index (χ4n) is 3.22. The smallest absolute Gasteiger partial charge is 0.259 e. The number of ether oxygens (including phenoxy) is 1. The number of carbonyl (C=O) groups excluding carboxylic acids is 2. The number of nitrogens with zero attached hydrogens (tertiary/aromatic N) is 1. The van der Waals surface area contributed by atoms with Gasteiger partial charge in [-0.1, -0.05) is 43.0 Å². The lowest BCUT2D eigenvalue weighted by molar-refractivity contribution is -0.113. The van der Waals surface area contributed by atoms with Crippen LogP contribution in [0.1, 0.15) is 22.8 Å². The van der Waals surface area contributed by atoms with Gasteiger partial charge in [0.05, 0.1) is 28.6 Å². The molecule has 1 aromatic heterocycles. The predicted octanol–water partition coefficient (Wildman–Crippen LogP) is 5.85. The van der Waals surface area contributed by atoms with Gasteiger partial charge < -0.3 is 15.4 Å². The summed E-state index contributed by atoms with van der Waals surface area (Å²) in [7, 11) is 1.54. The van der Waals surface area contributed by atoms with E-state index in [-0.39, 0.29) is 17.6 Å². The van der Waals surface area contributed by atoms with E-state index in [9.17, 15) is 9.59 Å². The number of aromatic nitrogens is 1. The minimum absolute atomic E-state index is 0.0757. The summed E-state index contributed by atoms with van der Waals surface area (Å²) in [5.74, 6) is 0.474. The summed E-state index contributed by atoms with van der Waals surface area (Å²) in [5.41, 5.74) is 3.99. The van der Waals surface area contributed by atoms with Crippen LogP contribution in [0.4, 0.5) is 11.4 Å². The molecule has 3 aromatic carbocycles. The van der Waals surface area contributed by atoms with E-state index in [4.69, 9.17) is 4.74 Å². The number of fused-ring (bicyclic) bond motifs is 1. The zero-order chi connectivity index (χ0) is 23.2. The molecule has 2 N–H and O–H groups in total. The van der Waals surface area contributed by atoms with Gasteiger partial charge in [-0.05, 0) is 54.4 Å². The summed E-state index contributed by atoms with van der Waals surface area (Å²) in [6.07, 6.45) is 0.966. The molecule has 4 aromatic rings. The molecule has 0 aliphatic rings. The number of aryl methyl sites for hydroxylation is 1. The molecule has 0 aliphatic heterocycles. The molecule has 168 valence electrons. The molecule has 0 spiro atoms. The van der Waals surface area contributed by atoms with Crippen molar-refractivity contribution in [3.05, 3.63) is 77.9 Å². The Bertz CT molecular complexity index is 1290. The van der Waals surface area contributed by atoms with E-state index in [0.29, 0.717) is 17.0 Å². The number of hydrogen-bond donors (Lipinski definition) is 2. The van der Waals surface area contributed by atoms with Crippen LogP contribution >= 0.6 is 23.1 Å². The van der Waals surface area contributed by atoms with Crippen LogP contribution in [0.25, 0.3) is 10.2 Å². The Morgan fingerprint density at radius 3 is 2.52 bits per heavy atom. The van der Waals surface area contributed by atoms with Crippen molar-refractivity contribution in [3.8, 4) is 5.75 Å². The number of para-hydroxylation sites is 1. The van der Waals surface area contributed by atoms with E-state index in [0.717, 1.165) is 26.7 Å². The van der Waals surface area contributed by atoms with Gasteiger partial charge in [0, 0.05) is 11.4 Å². The molecule has 0 bridgehead atoms. The molecule has 0 radical (unpaired) electrons. The van der Waals surface area contributed by atoms with Crippen molar-refractivity contribution in [2.75, 3.05) is 23.5 Å². The van der Waals surface area contributed by atoms with Crippen LogP contribution in [0.15, 0.2) is 71.1 Å². The monoisotopic (exact) mass is 477 g/mol. The van der Waals surface area contributed by atoms with Crippen LogP contribution in [0.3, 0.4) is 0 Å². The number of nitrogens with one attached hydrogen (secondary N) is 2. The molecular formula is C25H23N3O3S2. The van der Waals surface area contributed by atoms with Crippen LogP contribution < -0.4 is 15.4 Å². The van der Waals surface area contributed by atoms with E-state index in [1.165, 1.54) is 35.8 Å². The molecule has 1 heterocycles. The van der Waals surface area contributed by atoms with Gasteiger partial charge in [-0.15, -0.1) is 11.3 Å². The molecule has 6 nitrogen and oxygen atoms in total. The summed E-state index contributed by atoms with van der Waals surface area (Å²) in [4.78, 5) is 29.5. The standard InChI is InChI=1S/C25H23N3O3S2/c1-3-16-8-10-17(11-9-16)26-23(29)15-32-25-28-20-13-12-18(14-22(20)33-25)27-24(30)19-6-4-5-7-21(19)31-2/h4-14H,3,15H2,1-2H3,(H,26,29)(H,27,30). The van der Waals surface area contributed by atoms with Crippen molar-refractivity contribution in [3.63, 3.8) is 0 Å². The SMILES string of the molecule is CCc1ccc(NC(=O)CSc2nc3ccc(NC(=O)c4ccccc4OC)cc3s2)cc1.